The topological polar surface area (TPSA) is 80.4 Å². The van der Waals surface area contributed by atoms with E-state index >= 15 is 0 Å². The zero-order valence-corrected chi connectivity index (χ0v) is 15.8. The summed E-state index contributed by atoms with van der Waals surface area (Å²) in [7, 11) is 1.32. The number of H-pyrrole nitrogens is 1. The molecule has 0 saturated carbocycles. The summed E-state index contributed by atoms with van der Waals surface area (Å²) in [6, 6.07) is 7.86. The van der Waals surface area contributed by atoms with Gasteiger partial charge in [-0.15, -0.1) is 0 Å². The third-order valence-electron chi connectivity index (χ3n) is 4.22. The predicted molar refractivity (Wildman–Crippen MR) is 99.2 cm³/mol. The van der Waals surface area contributed by atoms with E-state index in [0.29, 0.717) is 42.3 Å². The maximum absolute atomic E-state index is 12.6. The molecular weight excluding hydrogens is 332 g/mol. The van der Waals surface area contributed by atoms with Gasteiger partial charge in [-0.25, -0.2) is 4.79 Å². The smallest absolute Gasteiger partial charge is 0.339 e. The van der Waals surface area contributed by atoms with E-state index < -0.39 is 5.97 Å². The van der Waals surface area contributed by atoms with Crippen LogP contribution in [0.4, 0.5) is 0 Å². The highest BCUT2D eigenvalue weighted by Crippen LogP contribution is 2.19. The largest absolute Gasteiger partial charge is 0.465 e. The van der Waals surface area contributed by atoms with Gasteiger partial charge in [-0.05, 0) is 37.0 Å². The molecule has 2 N–H and O–H groups in total. The molecule has 6 heteroatoms. The molecular formula is C20H26N2O4. The van der Waals surface area contributed by atoms with E-state index in [4.69, 9.17) is 9.47 Å². The number of ether oxygens (including phenoxy) is 2. The number of benzene rings is 1. The SMILES string of the molecule is CCCOCc1ccccc1CNC(=O)c1[nH]c(C)c(C(=O)OC)c1C. The van der Waals surface area contributed by atoms with Crippen molar-refractivity contribution in [3.63, 3.8) is 0 Å². The van der Waals surface area contributed by atoms with Crippen LogP contribution in [0.5, 0.6) is 0 Å². The minimum Gasteiger partial charge on any atom is -0.465 e. The normalized spacial score (nSPS) is 10.6. The molecule has 2 rings (SSSR count). The first-order valence-corrected chi connectivity index (χ1v) is 8.69. The number of hydrogen-bond donors (Lipinski definition) is 2. The predicted octanol–water partition coefficient (Wildman–Crippen LogP) is 3.27. The Kier molecular flexibility index (Phi) is 6.97. The average molecular weight is 358 g/mol. The van der Waals surface area contributed by atoms with Gasteiger partial charge in [0.15, 0.2) is 0 Å². The molecule has 1 amide bonds. The molecule has 0 bridgehead atoms. The lowest BCUT2D eigenvalue weighted by Crippen LogP contribution is -2.24. The second-order valence-electron chi connectivity index (χ2n) is 6.12. The maximum Gasteiger partial charge on any atom is 0.339 e. The van der Waals surface area contributed by atoms with Gasteiger partial charge in [0.25, 0.3) is 5.91 Å². The molecule has 2 aromatic rings. The third kappa shape index (κ3) is 4.52. The Hall–Kier alpha value is -2.60. The Labute approximate surface area is 153 Å². The van der Waals surface area contributed by atoms with Gasteiger partial charge in [-0.2, -0.15) is 0 Å². The standard InChI is InChI=1S/C20H26N2O4/c1-5-10-26-12-16-9-7-6-8-15(16)11-21-19(23)18-13(2)17(14(3)22-18)20(24)25-4/h6-9,22H,5,10-12H2,1-4H3,(H,21,23). The van der Waals surface area contributed by atoms with Gasteiger partial charge in [0.05, 0.1) is 19.3 Å². The molecule has 0 atom stereocenters. The van der Waals surface area contributed by atoms with Gasteiger partial charge >= 0.3 is 5.97 Å². The lowest BCUT2D eigenvalue weighted by atomic mass is 10.1. The fourth-order valence-electron chi connectivity index (χ4n) is 2.85. The van der Waals surface area contributed by atoms with E-state index in [1.54, 1.807) is 13.8 Å². The number of aromatic amines is 1. The second kappa shape index (κ2) is 9.20. The van der Waals surface area contributed by atoms with Crippen LogP contribution in [0.2, 0.25) is 0 Å². The Balaban J connectivity index is 2.09. The lowest BCUT2D eigenvalue weighted by Gasteiger charge is -2.11. The second-order valence-corrected chi connectivity index (χ2v) is 6.12. The van der Waals surface area contributed by atoms with Gasteiger partial charge < -0.3 is 19.8 Å². The Morgan fingerprint density at radius 3 is 2.50 bits per heavy atom. The summed E-state index contributed by atoms with van der Waals surface area (Å²) in [5.41, 5.74) is 4.05. The van der Waals surface area contributed by atoms with Crippen molar-refractivity contribution >= 4 is 11.9 Å². The van der Waals surface area contributed by atoms with Gasteiger partial charge in [0.2, 0.25) is 0 Å². The summed E-state index contributed by atoms with van der Waals surface area (Å²) in [5, 5.41) is 2.91. The van der Waals surface area contributed by atoms with Crippen molar-refractivity contribution in [2.45, 2.75) is 40.3 Å². The number of aromatic nitrogens is 1. The van der Waals surface area contributed by atoms with Crippen LogP contribution < -0.4 is 5.32 Å². The molecule has 6 nitrogen and oxygen atoms in total. The van der Waals surface area contributed by atoms with Gasteiger partial charge in [0, 0.05) is 18.8 Å². The van der Waals surface area contributed by atoms with Crippen LogP contribution in [-0.2, 0) is 22.6 Å². The number of amides is 1. The molecule has 1 aromatic heterocycles. The first-order chi connectivity index (χ1) is 12.5. The van der Waals surface area contributed by atoms with Crippen LogP contribution in [0.15, 0.2) is 24.3 Å². The summed E-state index contributed by atoms with van der Waals surface area (Å²) in [6.07, 6.45) is 0.965. The Morgan fingerprint density at radius 1 is 1.15 bits per heavy atom. The zero-order chi connectivity index (χ0) is 19.1. The molecule has 0 aliphatic heterocycles. The fraction of sp³-hybridized carbons (Fsp3) is 0.400. The van der Waals surface area contributed by atoms with Crippen molar-refractivity contribution in [1.82, 2.24) is 10.3 Å². The quantitative estimate of drug-likeness (QED) is 0.561. The molecule has 0 aliphatic rings. The summed E-state index contributed by atoms with van der Waals surface area (Å²) in [4.78, 5) is 27.4. The third-order valence-corrected chi connectivity index (χ3v) is 4.22. The maximum atomic E-state index is 12.6. The van der Waals surface area contributed by atoms with Crippen LogP contribution in [0.1, 0.15) is 56.6 Å². The van der Waals surface area contributed by atoms with E-state index in [1.807, 2.05) is 24.3 Å². The van der Waals surface area contributed by atoms with Crippen LogP contribution in [0.3, 0.4) is 0 Å². The highest BCUT2D eigenvalue weighted by Gasteiger charge is 2.22. The number of carbonyl (C=O) groups is 2. The molecule has 0 spiro atoms. The van der Waals surface area contributed by atoms with Gasteiger partial charge in [-0.3, -0.25) is 4.79 Å². The average Bonchev–Trinajstić information content (AvgIpc) is 2.94. The molecule has 0 unspecified atom stereocenters. The molecule has 1 aromatic carbocycles. The molecule has 26 heavy (non-hydrogen) atoms. The summed E-state index contributed by atoms with van der Waals surface area (Å²) in [5.74, 6) is -0.709. The van der Waals surface area contributed by atoms with Crippen molar-refractivity contribution in [2.75, 3.05) is 13.7 Å². The highest BCUT2D eigenvalue weighted by molar-refractivity contribution is 6.00. The number of rotatable bonds is 8. The fourth-order valence-corrected chi connectivity index (χ4v) is 2.85. The molecule has 0 aliphatic carbocycles. The van der Waals surface area contributed by atoms with Crippen molar-refractivity contribution in [2.24, 2.45) is 0 Å². The molecule has 0 saturated heterocycles. The first-order valence-electron chi connectivity index (χ1n) is 8.69. The van der Waals surface area contributed by atoms with Crippen molar-refractivity contribution < 1.29 is 19.1 Å². The highest BCUT2D eigenvalue weighted by atomic mass is 16.5. The van der Waals surface area contributed by atoms with E-state index in [0.717, 1.165) is 17.5 Å². The van der Waals surface area contributed by atoms with E-state index in [1.165, 1.54) is 7.11 Å². The lowest BCUT2D eigenvalue weighted by molar-refractivity contribution is 0.0599. The Bertz CT molecular complexity index is 780. The number of carbonyl (C=O) groups excluding carboxylic acids is 2. The molecule has 0 fully saturated rings. The van der Waals surface area contributed by atoms with Crippen molar-refractivity contribution in [1.29, 1.82) is 0 Å². The number of hydrogen-bond acceptors (Lipinski definition) is 4. The summed E-state index contributed by atoms with van der Waals surface area (Å²) in [6.45, 7) is 7.16. The summed E-state index contributed by atoms with van der Waals surface area (Å²) < 4.78 is 10.4. The molecule has 140 valence electrons. The van der Waals surface area contributed by atoms with E-state index in [-0.39, 0.29) is 5.91 Å². The molecule has 1 heterocycles. The number of nitrogens with one attached hydrogen (secondary N) is 2. The first kappa shape index (κ1) is 19.7. The number of methoxy groups -OCH3 is 1. The zero-order valence-electron chi connectivity index (χ0n) is 15.8. The van der Waals surface area contributed by atoms with Crippen LogP contribution >= 0.6 is 0 Å². The van der Waals surface area contributed by atoms with Crippen LogP contribution in [0.25, 0.3) is 0 Å². The van der Waals surface area contributed by atoms with Crippen LogP contribution in [-0.4, -0.2) is 30.6 Å². The van der Waals surface area contributed by atoms with E-state index in [9.17, 15) is 9.59 Å². The number of aryl methyl sites for hydroxylation is 1. The van der Waals surface area contributed by atoms with Crippen LogP contribution in [0, 0.1) is 13.8 Å². The minimum atomic E-state index is -0.450. The van der Waals surface area contributed by atoms with Crippen molar-refractivity contribution in [3.8, 4) is 0 Å². The minimum absolute atomic E-state index is 0.259. The van der Waals surface area contributed by atoms with Gasteiger partial charge in [0.1, 0.15) is 5.69 Å². The summed E-state index contributed by atoms with van der Waals surface area (Å²) >= 11 is 0. The monoisotopic (exact) mass is 358 g/mol. The Morgan fingerprint density at radius 2 is 1.85 bits per heavy atom. The number of esters is 1. The van der Waals surface area contributed by atoms with E-state index in [2.05, 4.69) is 17.2 Å². The van der Waals surface area contributed by atoms with Crippen molar-refractivity contribution in [3.05, 3.63) is 57.9 Å². The van der Waals surface area contributed by atoms with Gasteiger partial charge in [-0.1, -0.05) is 31.2 Å². The molecule has 0 radical (unpaired) electrons.